The van der Waals surface area contributed by atoms with Crippen LogP contribution >= 0.6 is 27.5 Å². The Morgan fingerprint density at radius 2 is 1.39 bits per heavy atom. The van der Waals surface area contributed by atoms with Crippen molar-refractivity contribution >= 4 is 47.6 Å². The summed E-state index contributed by atoms with van der Waals surface area (Å²) in [7, 11) is -6.94. The van der Waals surface area contributed by atoms with E-state index in [0.29, 0.717) is 13.9 Å². The maximum absolute atomic E-state index is 12.4. The van der Waals surface area contributed by atoms with Gasteiger partial charge in [0.25, 0.3) is 20.0 Å². The lowest BCUT2D eigenvalue weighted by Crippen LogP contribution is -2.43. The second-order valence-corrected chi connectivity index (χ2v) is 9.46. The first-order valence-electron chi connectivity index (χ1n) is 6.15. The molecule has 0 aliphatic carbocycles. The van der Waals surface area contributed by atoms with Crippen molar-refractivity contribution in [1.82, 2.24) is 9.25 Å². The van der Waals surface area contributed by atoms with Gasteiger partial charge in [0, 0.05) is 16.5 Å². The van der Waals surface area contributed by atoms with Gasteiger partial charge in [0.2, 0.25) is 0 Å². The minimum Gasteiger partial charge on any atom is -0.206 e. The molecule has 0 heterocycles. The van der Waals surface area contributed by atoms with Gasteiger partial charge in [-0.1, -0.05) is 27.5 Å². The van der Waals surface area contributed by atoms with E-state index in [9.17, 15) is 16.8 Å². The lowest BCUT2D eigenvalue weighted by atomic mass is 10.4. The normalized spacial score (nSPS) is 12.5. The van der Waals surface area contributed by atoms with E-state index in [2.05, 4.69) is 15.9 Å². The molecule has 0 aliphatic heterocycles. The molecule has 2 aromatic rings. The molecule has 10 heteroatoms. The average molecular weight is 440 g/mol. The maximum Gasteiger partial charge on any atom is 0.256 e. The van der Waals surface area contributed by atoms with E-state index >= 15 is 0 Å². The number of sulfonamides is 2. The molecule has 0 unspecified atom stereocenters. The van der Waals surface area contributed by atoms with Gasteiger partial charge in [0.15, 0.2) is 0 Å². The van der Waals surface area contributed by atoms with Crippen molar-refractivity contribution in [3.05, 3.63) is 58.0 Å². The number of hydrogen-bond acceptors (Lipinski definition) is 4. The molecule has 0 atom stereocenters. The molecule has 0 amide bonds. The molecule has 2 aromatic carbocycles. The monoisotopic (exact) mass is 438 g/mol. The van der Waals surface area contributed by atoms with Crippen molar-refractivity contribution in [3.8, 4) is 0 Å². The van der Waals surface area contributed by atoms with E-state index in [1.54, 1.807) is 12.1 Å². The van der Waals surface area contributed by atoms with Crippen LogP contribution < -0.4 is 4.83 Å². The molecular weight excluding hydrogens is 428 g/mol. The third-order valence-corrected chi connectivity index (χ3v) is 6.83. The highest BCUT2D eigenvalue weighted by atomic mass is 79.9. The van der Waals surface area contributed by atoms with Gasteiger partial charge in [0.05, 0.1) is 9.79 Å². The van der Waals surface area contributed by atoms with Crippen LogP contribution in [0.25, 0.3) is 0 Å². The Labute approximate surface area is 148 Å². The van der Waals surface area contributed by atoms with E-state index in [4.69, 9.17) is 11.6 Å². The number of halogens is 2. The highest BCUT2D eigenvalue weighted by molar-refractivity contribution is 9.10. The average Bonchev–Trinajstić information content (AvgIpc) is 2.47. The van der Waals surface area contributed by atoms with Crippen molar-refractivity contribution in [2.45, 2.75) is 9.79 Å². The predicted octanol–water partition coefficient (Wildman–Crippen LogP) is 2.62. The summed E-state index contributed by atoms with van der Waals surface area (Å²) in [5, 5.41) is 0.375. The molecule has 0 aromatic heterocycles. The van der Waals surface area contributed by atoms with Crippen molar-refractivity contribution in [1.29, 1.82) is 0 Å². The van der Waals surface area contributed by atoms with Crippen LogP contribution in [0.4, 0.5) is 0 Å². The first kappa shape index (κ1) is 18.4. The van der Waals surface area contributed by atoms with E-state index in [0.717, 1.165) is 7.05 Å². The Hall–Kier alpha value is -0.970. The van der Waals surface area contributed by atoms with Crippen LogP contribution in [0.3, 0.4) is 0 Å². The van der Waals surface area contributed by atoms with Crippen LogP contribution in [0, 0.1) is 0 Å². The third-order valence-electron chi connectivity index (χ3n) is 2.84. The number of rotatable bonds is 5. The highest BCUT2D eigenvalue weighted by Gasteiger charge is 2.26. The quantitative estimate of drug-likeness (QED) is 0.726. The van der Waals surface area contributed by atoms with Crippen molar-refractivity contribution in [3.63, 3.8) is 0 Å². The molecule has 1 N–H and O–H groups in total. The van der Waals surface area contributed by atoms with Crippen LogP contribution in [0.5, 0.6) is 0 Å². The van der Waals surface area contributed by atoms with Crippen LogP contribution in [-0.4, -0.2) is 28.3 Å². The number of nitrogens with zero attached hydrogens (tertiary/aromatic N) is 1. The Morgan fingerprint density at radius 1 is 0.913 bits per heavy atom. The zero-order valence-electron chi connectivity index (χ0n) is 11.8. The van der Waals surface area contributed by atoms with Gasteiger partial charge in [-0.2, -0.15) is 0 Å². The van der Waals surface area contributed by atoms with Crippen LogP contribution in [0.1, 0.15) is 0 Å². The molecule has 0 saturated heterocycles. The largest absolute Gasteiger partial charge is 0.256 e. The van der Waals surface area contributed by atoms with Gasteiger partial charge in [-0.05, 0) is 48.5 Å². The van der Waals surface area contributed by atoms with Crippen molar-refractivity contribution in [2.75, 3.05) is 7.05 Å². The Bertz CT molecular complexity index is 898. The minimum atomic E-state index is -4.05. The summed E-state index contributed by atoms with van der Waals surface area (Å²) in [5.41, 5.74) is 0. The fourth-order valence-corrected chi connectivity index (χ4v) is 4.46. The summed E-state index contributed by atoms with van der Waals surface area (Å²) >= 11 is 8.91. The van der Waals surface area contributed by atoms with Gasteiger partial charge in [-0.25, -0.2) is 16.8 Å². The number of hydrazine groups is 1. The Morgan fingerprint density at radius 3 is 1.91 bits per heavy atom. The maximum atomic E-state index is 12.4. The molecular formula is C13H12BrClN2O4S2. The Balaban J connectivity index is 2.28. The standard InChI is InChI=1S/C13H12BrClN2O4S2/c1-17(23(20,21)13-6-2-10(14)3-7-13)16-22(18,19)12-8-4-11(15)5-9-12/h2-9,16H,1H3. The second-order valence-electron chi connectivity index (χ2n) is 4.48. The third kappa shape index (κ3) is 4.31. The van der Waals surface area contributed by atoms with Gasteiger partial charge >= 0.3 is 0 Å². The van der Waals surface area contributed by atoms with E-state index in [-0.39, 0.29) is 9.79 Å². The fraction of sp³-hybridized carbons (Fsp3) is 0.0769. The SMILES string of the molecule is CN(NS(=O)(=O)c1ccc(Cl)cc1)S(=O)(=O)c1ccc(Br)cc1. The van der Waals surface area contributed by atoms with Crippen molar-refractivity contribution < 1.29 is 16.8 Å². The van der Waals surface area contributed by atoms with Gasteiger partial charge < -0.3 is 0 Å². The molecule has 6 nitrogen and oxygen atoms in total. The van der Waals surface area contributed by atoms with Crippen molar-refractivity contribution in [2.24, 2.45) is 0 Å². The molecule has 0 spiro atoms. The number of benzene rings is 2. The molecule has 0 fully saturated rings. The van der Waals surface area contributed by atoms with Crippen LogP contribution in [0.2, 0.25) is 5.02 Å². The summed E-state index contributed by atoms with van der Waals surface area (Å²) in [6, 6.07) is 11.2. The number of nitrogens with one attached hydrogen (secondary N) is 1. The van der Waals surface area contributed by atoms with Gasteiger partial charge in [-0.3, -0.25) is 0 Å². The molecule has 23 heavy (non-hydrogen) atoms. The van der Waals surface area contributed by atoms with E-state index < -0.39 is 20.0 Å². The zero-order chi connectivity index (χ0) is 17.3. The minimum absolute atomic E-state index is 0.0398. The van der Waals surface area contributed by atoms with E-state index in [1.165, 1.54) is 36.4 Å². The number of hydrogen-bond donors (Lipinski definition) is 1. The van der Waals surface area contributed by atoms with Gasteiger partial charge in [-0.15, -0.1) is 9.25 Å². The molecule has 0 aliphatic rings. The summed E-state index contributed by atoms with van der Waals surface area (Å²) in [4.78, 5) is 1.87. The summed E-state index contributed by atoms with van der Waals surface area (Å²) < 4.78 is 50.4. The van der Waals surface area contributed by atoms with Crippen LogP contribution in [-0.2, 0) is 20.0 Å². The van der Waals surface area contributed by atoms with Gasteiger partial charge in [0.1, 0.15) is 0 Å². The van der Waals surface area contributed by atoms with E-state index in [1.807, 2.05) is 4.83 Å². The Kier molecular flexibility index (Phi) is 5.49. The molecule has 0 bridgehead atoms. The summed E-state index contributed by atoms with van der Waals surface area (Å²) in [6.45, 7) is 0. The summed E-state index contributed by atoms with van der Waals surface area (Å²) in [6.07, 6.45) is 0. The lowest BCUT2D eigenvalue weighted by Gasteiger charge is -2.18. The highest BCUT2D eigenvalue weighted by Crippen LogP contribution is 2.19. The first-order chi connectivity index (χ1) is 10.6. The smallest absolute Gasteiger partial charge is 0.206 e. The molecule has 0 saturated carbocycles. The molecule has 2 rings (SSSR count). The first-order valence-corrected chi connectivity index (χ1v) is 10.2. The lowest BCUT2D eigenvalue weighted by molar-refractivity contribution is 0.432. The predicted molar refractivity (Wildman–Crippen MR) is 90.9 cm³/mol. The molecule has 0 radical (unpaired) electrons. The molecule has 124 valence electrons. The second kappa shape index (κ2) is 6.88. The van der Waals surface area contributed by atoms with Crippen LogP contribution in [0.15, 0.2) is 62.8 Å². The summed E-state index contributed by atoms with van der Waals surface area (Å²) in [5.74, 6) is 0. The zero-order valence-corrected chi connectivity index (χ0v) is 15.7. The fourth-order valence-electron chi connectivity index (χ4n) is 1.65. The topological polar surface area (TPSA) is 83.6 Å².